The average molecular weight is 497 g/mol. The summed E-state index contributed by atoms with van der Waals surface area (Å²) in [7, 11) is -3.18. The van der Waals surface area contributed by atoms with Crippen LogP contribution >= 0.6 is 24.0 Å². The van der Waals surface area contributed by atoms with Gasteiger partial charge in [-0.1, -0.05) is 19.3 Å². The molecule has 0 aromatic heterocycles. The lowest BCUT2D eigenvalue weighted by atomic mass is 9.87. The molecule has 2 fully saturated rings. The van der Waals surface area contributed by atoms with E-state index in [2.05, 4.69) is 10.3 Å². The van der Waals surface area contributed by atoms with E-state index in [1.807, 2.05) is 11.8 Å². The molecular weight excluding hydrogens is 470 g/mol. The van der Waals surface area contributed by atoms with Gasteiger partial charge in [0.1, 0.15) is 0 Å². The third kappa shape index (κ3) is 5.86. The van der Waals surface area contributed by atoms with Crippen LogP contribution in [0.4, 0.5) is 13.2 Å². The zero-order valence-corrected chi connectivity index (χ0v) is 17.6. The van der Waals surface area contributed by atoms with E-state index in [0.717, 1.165) is 19.3 Å². The predicted octanol–water partition coefficient (Wildman–Crippen LogP) is 2.96. The summed E-state index contributed by atoms with van der Waals surface area (Å²) in [6.07, 6.45) is -1.14. The lowest BCUT2D eigenvalue weighted by Crippen LogP contribution is -2.60. The van der Waals surface area contributed by atoms with Gasteiger partial charge in [-0.05, 0) is 19.8 Å². The number of halogens is 4. The van der Waals surface area contributed by atoms with E-state index in [1.165, 1.54) is 0 Å². The van der Waals surface area contributed by atoms with Crippen molar-refractivity contribution in [1.29, 1.82) is 0 Å². The first-order valence-electron chi connectivity index (χ1n) is 8.51. The normalized spacial score (nSPS) is 23.2. The minimum Gasteiger partial charge on any atom is -0.357 e. The van der Waals surface area contributed by atoms with Crippen molar-refractivity contribution >= 4 is 39.8 Å². The molecule has 1 aliphatic heterocycles. The van der Waals surface area contributed by atoms with E-state index in [4.69, 9.17) is 0 Å². The Labute approximate surface area is 164 Å². The SMILES string of the molecule is CCNC(=NCCC(F)(F)F)N1CCS(=O)(=O)C2(CCCCC2)C1.I. The van der Waals surface area contributed by atoms with Gasteiger partial charge in [-0.25, -0.2) is 8.42 Å². The Balaban J connectivity index is 0.00000312. The van der Waals surface area contributed by atoms with Crippen LogP contribution in [0.1, 0.15) is 45.4 Å². The Morgan fingerprint density at radius 2 is 1.88 bits per heavy atom. The van der Waals surface area contributed by atoms with E-state index < -0.39 is 27.2 Å². The lowest BCUT2D eigenvalue weighted by molar-refractivity contribution is -0.132. The Morgan fingerprint density at radius 3 is 2.44 bits per heavy atom. The van der Waals surface area contributed by atoms with E-state index >= 15 is 0 Å². The average Bonchev–Trinajstić information content (AvgIpc) is 2.49. The molecule has 10 heteroatoms. The molecule has 1 N–H and O–H groups in total. The Morgan fingerprint density at radius 1 is 1.24 bits per heavy atom. The number of nitrogens with one attached hydrogen (secondary N) is 1. The van der Waals surface area contributed by atoms with Crippen LogP contribution in [0.25, 0.3) is 0 Å². The maximum absolute atomic E-state index is 12.6. The van der Waals surface area contributed by atoms with Crippen molar-refractivity contribution in [3.05, 3.63) is 0 Å². The number of hydrogen-bond donors (Lipinski definition) is 1. The molecule has 2 aliphatic rings. The molecule has 0 aromatic carbocycles. The number of guanidine groups is 1. The quantitative estimate of drug-likeness (QED) is 0.370. The molecule has 0 atom stereocenters. The molecule has 0 aromatic rings. The summed E-state index contributed by atoms with van der Waals surface area (Å²) in [5, 5.41) is 3.00. The molecule has 2 rings (SSSR count). The summed E-state index contributed by atoms with van der Waals surface area (Å²) in [5.41, 5.74) is 0. The molecule has 1 saturated heterocycles. The molecule has 1 aliphatic carbocycles. The molecule has 0 radical (unpaired) electrons. The zero-order valence-electron chi connectivity index (χ0n) is 14.4. The van der Waals surface area contributed by atoms with Crippen molar-refractivity contribution in [2.75, 3.05) is 31.9 Å². The molecular formula is C15H27F3IN3O2S. The highest BCUT2D eigenvalue weighted by molar-refractivity contribution is 14.0. The van der Waals surface area contributed by atoms with Crippen LogP contribution in [-0.2, 0) is 9.84 Å². The molecule has 1 heterocycles. The van der Waals surface area contributed by atoms with Crippen LogP contribution in [0.3, 0.4) is 0 Å². The van der Waals surface area contributed by atoms with Crippen LogP contribution in [0, 0.1) is 0 Å². The van der Waals surface area contributed by atoms with Crippen molar-refractivity contribution in [3.63, 3.8) is 0 Å². The van der Waals surface area contributed by atoms with Crippen LogP contribution < -0.4 is 5.32 Å². The second-order valence-corrected chi connectivity index (χ2v) is 9.09. The van der Waals surface area contributed by atoms with Gasteiger partial charge >= 0.3 is 6.18 Å². The maximum atomic E-state index is 12.6. The monoisotopic (exact) mass is 497 g/mol. The molecule has 0 unspecified atom stereocenters. The summed E-state index contributed by atoms with van der Waals surface area (Å²) < 4.78 is 61.4. The van der Waals surface area contributed by atoms with Gasteiger partial charge in [0.25, 0.3) is 0 Å². The highest BCUT2D eigenvalue weighted by atomic mass is 127. The maximum Gasteiger partial charge on any atom is 0.390 e. The fourth-order valence-corrected chi connectivity index (χ4v) is 5.69. The second kappa shape index (κ2) is 9.09. The topological polar surface area (TPSA) is 61.8 Å². The Bertz CT molecular complexity index is 561. The summed E-state index contributed by atoms with van der Waals surface area (Å²) in [4.78, 5) is 5.89. The lowest BCUT2D eigenvalue weighted by Gasteiger charge is -2.45. The first kappa shape index (κ1) is 22.8. The summed E-state index contributed by atoms with van der Waals surface area (Å²) >= 11 is 0. The van der Waals surface area contributed by atoms with Gasteiger partial charge in [0.2, 0.25) is 0 Å². The smallest absolute Gasteiger partial charge is 0.357 e. The molecule has 0 amide bonds. The first-order chi connectivity index (χ1) is 11.2. The molecule has 1 spiro atoms. The number of sulfone groups is 1. The Hall–Kier alpha value is -0.260. The van der Waals surface area contributed by atoms with Crippen molar-refractivity contribution in [3.8, 4) is 0 Å². The van der Waals surface area contributed by atoms with Crippen molar-refractivity contribution in [1.82, 2.24) is 10.2 Å². The number of nitrogens with zero attached hydrogens (tertiary/aromatic N) is 2. The molecule has 148 valence electrons. The number of rotatable bonds is 3. The number of alkyl halides is 3. The number of hydrogen-bond acceptors (Lipinski definition) is 3. The van der Waals surface area contributed by atoms with Crippen molar-refractivity contribution < 1.29 is 21.6 Å². The standard InChI is InChI=1S/C15H26F3N3O2S.HI/c1-2-19-13(20-9-8-15(16,17)18)21-10-11-24(22,23)14(12-21)6-4-3-5-7-14;/h2-12H2,1H3,(H,19,20);1H. The minimum atomic E-state index is -4.24. The molecule has 5 nitrogen and oxygen atoms in total. The molecule has 0 bridgehead atoms. The largest absolute Gasteiger partial charge is 0.390 e. The first-order valence-corrected chi connectivity index (χ1v) is 10.2. The van der Waals surface area contributed by atoms with E-state index in [0.29, 0.717) is 31.9 Å². The van der Waals surface area contributed by atoms with Gasteiger partial charge in [-0.2, -0.15) is 13.2 Å². The van der Waals surface area contributed by atoms with Crippen LogP contribution in [0.2, 0.25) is 0 Å². The van der Waals surface area contributed by atoms with Gasteiger partial charge in [-0.15, -0.1) is 24.0 Å². The Kier molecular flexibility index (Phi) is 8.29. The summed E-state index contributed by atoms with van der Waals surface area (Å²) in [6, 6.07) is 0. The summed E-state index contributed by atoms with van der Waals surface area (Å²) in [6.45, 7) is 2.63. The molecule has 1 saturated carbocycles. The highest BCUT2D eigenvalue weighted by Gasteiger charge is 2.48. The fraction of sp³-hybridized carbons (Fsp3) is 0.933. The van der Waals surface area contributed by atoms with E-state index in [9.17, 15) is 21.6 Å². The van der Waals surface area contributed by atoms with Gasteiger partial charge < -0.3 is 10.2 Å². The van der Waals surface area contributed by atoms with Gasteiger partial charge in [0.15, 0.2) is 15.8 Å². The third-order valence-electron chi connectivity index (χ3n) is 4.82. The van der Waals surface area contributed by atoms with Crippen LogP contribution in [-0.4, -0.2) is 62.1 Å². The highest BCUT2D eigenvalue weighted by Crippen LogP contribution is 2.38. The zero-order chi connectivity index (χ0) is 17.8. The van der Waals surface area contributed by atoms with Gasteiger partial charge in [0, 0.05) is 19.6 Å². The summed E-state index contributed by atoms with van der Waals surface area (Å²) in [5.74, 6) is 0.429. The van der Waals surface area contributed by atoms with Gasteiger partial charge in [0.05, 0.1) is 23.5 Å². The number of aliphatic imine (C=N–C) groups is 1. The van der Waals surface area contributed by atoms with E-state index in [-0.39, 0.29) is 42.8 Å². The van der Waals surface area contributed by atoms with Crippen molar-refractivity contribution in [2.24, 2.45) is 4.99 Å². The van der Waals surface area contributed by atoms with Gasteiger partial charge in [-0.3, -0.25) is 4.99 Å². The minimum absolute atomic E-state index is 0. The fourth-order valence-electron chi connectivity index (χ4n) is 3.53. The molecule has 25 heavy (non-hydrogen) atoms. The van der Waals surface area contributed by atoms with Crippen LogP contribution in [0.15, 0.2) is 4.99 Å². The van der Waals surface area contributed by atoms with Crippen LogP contribution in [0.5, 0.6) is 0 Å². The predicted molar refractivity (Wildman–Crippen MR) is 103 cm³/mol. The second-order valence-electron chi connectivity index (χ2n) is 6.58. The van der Waals surface area contributed by atoms with E-state index in [1.54, 1.807) is 0 Å². The van der Waals surface area contributed by atoms with Crippen molar-refractivity contribution in [2.45, 2.75) is 56.4 Å². The third-order valence-corrected chi connectivity index (χ3v) is 7.40.